The summed E-state index contributed by atoms with van der Waals surface area (Å²) in [5.74, 6) is -0.769. The van der Waals surface area contributed by atoms with Crippen LogP contribution in [0.15, 0.2) is 61.2 Å². The second kappa shape index (κ2) is 6.90. The van der Waals surface area contributed by atoms with Crippen molar-refractivity contribution in [3.63, 3.8) is 0 Å². The molecule has 3 rings (SSSR count). The van der Waals surface area contributed by atoms with Crippen LogP contribution in [0.2, 0.25) is 0 Å². The van der Waals surface area contributed by atoms with Crippen LogP contribution in [0, 0.1) is 10.1 Å². The zero-order valence-corrected chi connectivity index (χ0v) is 13.5. The maximum absolute atomic E-state index is 12.8. The van der Waals surface area contributed by atoms with E-state index in [1.165, 1.54) is 41.5 Å². The van der Waals surface area contributed by atoms with E-state index in [0.717, 1.165) is 24.3 Å². The van der Waals surface area contributed by atoms with Gasteiger partial charge in [-0.1, -0.05) is 6.07 Å². The van der Waals surface area contributed by atoms with Crippen molar-refractivity contribution in [2.45, 2.75) is 6.18 Å². The van der Waals surface area contributed by atoms with Crippen LogP contribution in [-0.2, 0) is 6.18 Å². The number of carbonyl (C=O) groups excluding carboxylic acids is 1. The number of alkyl halides is 3. The van der Waals surface area contributed by atoms with Gasteiger partial charge in [0, 0.05) is 29.7 Å². The average Bonchev–Trinajstić information content (AvgIpc) is 3.15. The molecule has 0 fully saturated rings. The number of hydrogen-bond donors (Lipinski definition) is 1. The maximum atomic E-state index is 12.8. The summed E-state index contributed by atoms with van der Waals surface area (Å²) in [6, 6.07) is 7.86. The van der Waals surface area contributed by atoms with E-state index < -0.39 is 22.6 Å². The van der Waals surface area contributed by atoms with Gasteiger partial charge in [0.25, 0.3) is 11.6 Å². The third-order valence-electron chi connectivity index (χ3n) is 3.66. The highest BCUT2D eigenvalue weighted by molar-refractivity contribution is 6.05. The summed E-state index contributed by atoms with van der Waals surface area (Å²) >= 11 is 0. The maximum Gasteiger partial charge on any atom is 0.416 e. The van der Waals surface area contributed by atoms with E-state index in [1.807, 2.05) is 0 Å². The van der Waals surface area contributed by atoms with E-state index in [4.69, 9.17) is 0 Å². The largest absolute Gasteiger partial charge is 0.416 e. The topological polar surface area (TPSA) is 90.1 Å². The molecular weight excluding hydrogens is 365 g/mol. The summed E-state index contributed by atoms with van der Waals surface area (Å²) < 4.78 is 39.7. The lowest BCUT2D eigenvalue weighted by atomic mass is 10.1. The Balaban J connectivity index is 1.90. The van der Waals surface area contributed by atoms with Crippen LogP contribution in [0.5, 0.6) is 0 Å². The number of nitrogens with one attached hydrogen (secondary N) is 1. The molecule has 1 aromatic heterocycles. The third-order valence-corrected chi connectivity index (χ3v) is 3.66. The number of hydrogen-bond acceptors (Lipinski definition) is 4. The predicted octanol–water partition coefficient (Wildman–Crippen LogP) is 4.05. The number of halogens is 3. The Kier molecular flexibility index (Phi) is 4.63. The SMILES string of the molecule is O=C(Nc1cccc(C(F)(F)F)c1)c1ccc(-n2ccnc2)c([N+](=O)[O-])c1. The summed E-state index contributed by atoms with van der Waals surface area (Å²) in [4.78, 5) is 26.8. The Labute approximate surface area is 150 Å². The van der Waals surface area contributed by atoms with Gasteiger partial charge in [-0.25, -0.2) is 4.98 Å². The summed E-state index contributed by atoms with van der Waals surface area (Å²) in [7, 11) is 0. The zero-order chi connectivity index (χ0) is 19.6. The first-order valence-electron chi connectivity index (χ1n) is 7.51. The third kappa shape index (κ3) is 3.94. The van der Waals surface area contributed by atoms with Gasteiger partial charge in [0.05, 0.1) is 16.8 Å². The first-order valence-corrected chi connectivity index (χ1v) is 7.51. The van der Waals surface area contributed by atoms with E-state index in [0.29, 0.717) is 0 Å². The molecule has 0 saturated carbocycles. The fourth-order valence-corrected chi connectivity index (χ4v) is 2.41. The van der Waals surface area contributed by atoms with Crippen molar-refractivity contribution in [1.29, 1.82) is 0 Å². The van der Waals surface area contributed by atoms with Crippen molar-refractivity contribution in [3.8, 4) is 5.69 Å². The van der Waals surface area contributed by atoms with Crippen LogP contribution in [0.1, 0.15) is 15.9 Å². The Morgan fingerprint density at radius 2 is 1.96 bits per heavy atom. The van der Waals surface area contributed by atoms with Crippen molar-refractivity contribution in [3.05, 3.63) is 82.4 Å². The normalized spacial score (nSPS) is 11.2. The number of nitrogens with zero attached hydrogens (tertiary/aromatic N) is 3. The minimum atomic E-state index is -4.55. The van der Waals surface area contributed by atoms with Gasteiger partial charge in [-0.15, -0.1) is 0 Å². The zero-order valence-electron chi connectivity index (χ0n) is 13.5. The van der Waals surface area contributed by atoms with Gasteiger partial charge in [0.2, 0.25) is 0 Å². The second-order valence-corrected chi connectivity index (χ2v) is 5.46. The van der Waals surface area contributed by atoms with Crippen LogP contribution in [0.4, 0.5) is 24.5 Å². The summed E-state index contributed by atoms with van der Waals surface area (Å²) in [5, 5.41) is 13.6. The minimum Gasteiger partial charge on any atom is -0.322 e. The number of benzene rings is 2. The Bertz CT molecular complexity index is 1000. The molecular formula is C17H11F3N4O3. The van der Waals surface area contributed by atoms with E-state index in [2.05, 4.69) is 10.3 Å². The highest BCUT2D eigenvalue weighted by Gasteiger charge is 2.30. The highest BCUT2D eigenvalue weighted by atomic mass is 19.4. The predicted molar refractivity (Wildman–Crippen MR) is 89.6 cm³/mol. The quantitative estimate of drug-likeness (QED) is 0.549. The van der Waals surface area contributed by atoms with Gasteiger partial charge in [-0.05, 0) is 30.3 Å². The molecule has 0 saturated heterocycles. The van der Waals surface area contributed by atoms with E-state index in [-0.39, 0.29) is 22.6 Å². The summed E-state index contributed by atoms with van der Waals surface area (Å²) in [6.45, 7) is 0. The number of carbonyl (C=O) groups is 1. The monoisotopic (exact) mass is 376 g/mol. The standard InChI is InChI=1S/C17H11F3N4O3/c18-17(19,20)12-2-1-3-13(9-12)22-16(25)11-4-5-14(15(8-11)24(26)27)23-7-6-21-10-23/h1-10H,(H,22,25). The number of nitro benzene ring substituents is 1. The lowest BCUT2D eigenvalue weighted by Crippen LogP contribution is -2.14. The van der Waals surface area contributed by atoms with Crippen LogP contribution < -0.4 is 5.32 Å². The molecule has 1 amide bonds. The van der Waals surface area contributed by atoms with E-state index in [1.54, 1.807) is 0 Å². The van der Waals surface area contributed by atoms with Crippen LogP contribution in [0.25, 0.3) is 5.69 Å². The molecule has 0 aliphatic heterocycles. The molecule has 0 spiro atoms. The fourth-order valence-electron chi connectivity index (χ4n) is 2.41. The molecule has 0 atom stereocenters. The smallest absolute Gasteiger partial charge is 0.322 e. The van der Waals surface area contributed by atoms with Gasteiger partial charge in [0.15, 0.2) is 0 Å². The molecule has 7 nitrogen and oxygen atoms in total. The van der Waals surface area contributed by atoms with Gasteiger partial charge in [0.1, 0.15) is 5.69 Å². The number of amides is 1. The Morgan fingerprint density at radius 1 is 1.19 bits per heavy atom. The lowest BCUT2D eigenvalue weighted by Gasteiger charge is -2.10. The van der Waals surface area contributed by atoms with Crippen molar-refractivity contribution in [2.75, 3.05) is 5.32 Å². The minimum absolute atomic E-state index is 0.0667. The average molecular weight is 376 g/mol. The van der Waals surface area contributed by atoms with Crippen LogP contribution in [-0.4, -0.2) is 20.4 Å². The number of imidazole rings is 1. The lowest BCUT2D eigenvalue weighted by molar-refractivity contribution is -0.384. The Hall–Kier alpha value is -3.69. The second-order valence-electron chi connectivity index (χ2n) is 5.46. The van der Waals surface area contributed by atoms with Crippen molar-refractivity contribution >= 4 is 17.3 Å². The van der Waals surface area contributed by atoms with Crippen molar-refractivity contribution < 1.29 is 22.9 Å². The number of anilines is 1. The van der Waals surface area contributed by atoms with Gasteiger partial charge < -0.3 is 9.88 Å². The first-order chi connectivity index (χ1) is 12.8. The van der Waals surface area contributed by atoms with Gasteiger partial charge in [-0.3, -0.25) is 14.9 Å². The van der Waals surface area contributed by atoms with E-state index in [9.17, 15) is 28.1 Å². The molecule has 138 valence electrons. The highest BCUT2D eigenvalue weighted by Crippen LogP contribution is 2.31. The molecule has 0 aliphatic carbocycles. The summed E-state index contributed by atoms with van der Waals surface area (Å²) in [6.07, 6.45) is -0.237. The molecule has 27 heavy (non-hydrogen) atoms. The molecule has 0 radical (unpaired) electrons. The molecule has 1 N–H and O–H groups in total. The molecule has 0 aliphatic rings. The summed E-state index contributed by atoms with van der Waals surface area (Å²) in [5.41, 5.74) is -1.20. The van der Waals surface area contributed by atoms with Crippen LogP contribution in [0.3, 0.4) is 0 Å². The van der Waals surface area contributed by atoms with Crippen molar-refractivity contribution in [2.24, 2.45) is 0 Å². The van der Waals surface area contributed by atoms with Crippen molar-refractivity contribution in [1.82, 2.24) is 9.55 Å². The fraction of sp³-hybridized carbons (Fsp3) is 0.0588. The van der Waals surface area contributed by atoms with E-state index >= 15 is 0 Å². The van der Waals surface area contributed by atoms with Gasteiger partial charge in [-0.2, -0.15) is 13.2 Å². The number of rotatable bonds is 4. The number of nitro groups is 1. The van der Waals surface area contributed by atoms with Gasteiger partial charge >= 0.3 is 6.18 Å². The molecule has 1 heterocycles. The van der Waals surface area contributed by atoms with Crippen LogP contribution >= 0.6 is 0 Å². The number of aromatic nitrogens is 2. The Morgan fingerprint density at radius 3 is 2.59 bits per heavy atom. The molecule has 0 bridgehead atoms. The molecule has 2 aromatic carbocycles. The molecule has 0 unspecified atom stereocenters. The first kappa shape index (κ1) is 18.1. The molecule has 3 aromatic rings. The molecule has 10 heteroatoms.